The van der Waals surface area contributed by atoms with Gasteiger partial charge in [0.2, 0.25) is 0 Å². The number of unbranched alkanes of at least 4 members (excludes halogenated alkanes) is 1. The van der Waals surface area contributed by atoms with Crippen LogP contribution < -0.4 is 4.74 Å². The SMILES string of the molecule is CCCCOC(=O)N1CCc2c(Cl)cc(F)c(OCc3cn(C)nn3)c2[C@H]1CN1C(=O)c2ccccc2C1=O. The average Bonchev–Trinajstić information content (AvgIpc) is 3.44. The third kappa shape index (κ3) is 5.06. The van der Waals surface area contributed by atoms with Crippen LogP contribution >= 0.6 is 11.6 Å². The van der Waals surface area contributed by atoms with Gasteiger partial charge in [-0.15, -0.1) is 5.10 Å². The first kappa shape index (κ1) is 26.6. The summed E-state index contributed by atoms with van der Waals surface area (Å²) in [6, 6.07) is 6.71. The van der Waals surface area contributed by atoms with Crippen LogP contribution in [0.4, 0.5) is 9.18 Å². The van der Waals surface area contributed by atoms with E-state index in [0.717, 1.165) is 11.3 Å². The van der Waals surface area contributed by atoms with Gasteiger partial charge in [0.15, 0.2) is 11.6 Å². The molecule has 3 amide bonds. The van der Waals surface area contributed by atoms with E-state index in [0.29, 0.717) is 29.7 Å². The standard InChI is InChI=1S/C27H27ClFN5O5/c1-3-4-11-38-27(37)33-10-9-19-20(28)12-21(29)24(39-15-16-13-32(2)31-30-16)23(19)22(33)14-34-25(35)17-7-5-6-8-18(17)26(34)36/h5-8,12-13,22H,3-4,9-11,14-15H2,1-2H3/t22-/m1/s1. The first-order valence-corrected chi connectivity index (χ1v) is 13.0. The Balaban J connectivity index is 1.55. The van der Waals surface area contributed by atoms with Gasteiger partial charge >= 0.3 is 6.09 Å². The molecule has 2 aromatic carbocycles. The van der Waals surface area contributed by atoms with Crippen molar-refractivity contribution in [2.75, 3.05) is 19.7 Å². The summed E-state index contributed by atoms with van der Waals surface area (Å²) in [5.41, 5.74) is 1.87. The van der Waals surface area contributed by atoms with E-state index in [9.17, 15) is 14.4 Å². The van der Waals surface area contributed by atoms with Crippen LogP contribution in [0.3, 0.4) is 0 Å². The van der Waals surface area contributed by atoms with Gasteiger partial charge in [0.05, 0.1) is 36.5 Å². The smallest absolute Gasteiger partial charge is 0.410 e. The summed E-state index contributed by atoms with van der Waals surface area (Å²) in [6.07, 6.45) is 2.81. The summed E-state index contributed by atoms with van der Waals surface area (Å²) in [6.45, 7) is 2.05. The van der Waals surface area contributed by atoms with Crippen LogP contribution in [-0.4, -0.2) is 62.4 Å². The third-order valence-electron chi connectivity index (χ3n) is 6.85. The number of rotatable bonds is 8. The molecule has 0 N–H and O–H groups in total. The molecule has 0 aliphatic carbocycles. The maximum atomic E-state index is 15.4. The second-order valence-electron chi connectivity index (χ2n) is 9.43. The van der Waals surface area contributed by atoms with Crippen LogP contribution in [0.15, 0.2) is 36.5 Å². The minimum atomic E-state index is -0.963. The van der Waals surface area contributed by atoms with Crippen molar-refractivity contribution in [1.29, 1.82) is 0 Å². The van der Waals surface area contributed by atoms with E-state index < -0.39 is 29.8 Å². The number of hydrogen-bond donors (Lipinski definition) is 0. The number of hydrogen-bond acceptors (Lipinski definition) is 7. The molecule has 1 aromatic heterocycles. The van der Waals surface area contributed by atoms with Crippen molar-refractivity contribution in [2.45, 2.75) is 38.8 Å². The van der Waals surface area contributed by atoms with Gasteiger partial charge in [-0.3, -0.25) is 24.1 Å². The zero-order chi connectivity index (χ0) is 27.7. The lowest BCUT2D eigenvalue weighted by molar-refractivity contribution is 0.0510. The molecule has 0 unspecified atom stereocenters. The molecule has 1 atom stereocenters. The van der Waals surface area contributed by atoms with E-state index in [2.05, 4.69) is 10.3 Å². The second kappa shape index (κ2) is 11.0. The number of amides is 3. The Kier molecular flexibility index (Phi) is 7.51. The van der Waals surface area contributed by atoms with Gasteiger partial charge in [0, 0.05) is 24.2 Å². The number of carbonyl (C=O) groups is 3. The van der Waals surface area contributed by atoms with Crippen LogP contribution in [0.1, 0.15) is 63.3 Å². The van der Waals surface area contributed by atoms with Gasteiger partial charge < -0.3 is 9.47 Å². The number of ether oxygens (including phenoxy) is 2. The van der Waals surface area contributed by atoms with Crippen molar-refractivity contribution in [2.24, 2.45) is 7.05 Å². The molecular weight excluding hydrogens is 529 g/mol. The summed E-state index contributed by atoms with van der Waals surface area (Å²) in [5.74, 6) is -1.86. The Hall–Kier alpha value is -3.99. The molecule has 0 spiro atoms. The first-order chi connectivity index (χ1) is 18.8. The molecule has 5 rings (SSSR count). The zero-order valence-electron chi connectivity index (χ0n) is 21.5. The molecule has 3 aromatic rings. The van der Waals surface area contributed by atoms with Gasteiger partial charge in [-0.05, 0) is 36.6 Å². The molecule has 39 heavy (non-hydrogen) atoms. The maximum absolute atomic E-state index is 15.4. The van der Waals surface area contributed by atoms with Crippen LogP contribution in [0.5, 0.6) is 5.75 Å². The van der Waals surface area contributed by atoms with Crippen molar-refractivity contribution in [3.8, 4) is 5.75 Å². The van der Waals surface area contributed by atoms with E-state index in [4.69, 9.17) is 21.1 Å². The van der Waals surface area contributed by atoms with Crippen LogP contribution in [-0.2, 0) is 24.8 Å². The van der Waals surface area contributed by atoms with Gasteiger partial charge in [-0.2, -0.15) is 0 Å². The Morgan fingerprint density at radius 1 is 1.21 bits per heavy atom. The predicted molar refractivity (Wildman–Crippen MR) is 138 cm³/mol. The highest BCUT2D eigenvalue weighted by Crippen LogP contribution is 2.43. The fraction of sp³-hybridized carbons (Fsp3) is 0.370. The number of aryl methyl sites for hydroxylation is 1. The van der Waals surface area contributed by atoms with Crippen molar-refractivity contribution < 1.29 is 28.2 Å². The largest absolute Gasteiger partial charge is 0.484 e. The molecule has 0 bridgehead atoms. The Morgan fingerprint density at radius 2 is 1.92 bits per heavy atom. The monoisotopic (exact) mass is 555 g/mol. The number of aromatic nitrogens is 3. The topological polar surface area (TPSA) is 107 Å². The minimum absolute atomic E-state index is 0.0977. The van der Waals surface area contributed by atoms with E-state index in [1.807, 2.05) is 6.92 Å². The van der Waals surface area contributed by atoms with Crippen LogP contribution in [0.25, 0.3) is 0 Å². The van der Waals surface area contributed by atoms with Gasteiger partial charge in [-0.1, -0.05) is 42.3 Å². The highest BCUT2D eigenvalue weighted by Gasteiger charge is 2.43. The molecule has 0 fully saturated rings. The normalized spacial score (nSPS) is 16.4. The van der Waals surface area contributed by atoms with Crippen molar-refractivity contribution in [3.05, 3.63) is 75.3 Å². The van der Waals surface area contributed by atoms with E-state index in [-0.39, 0.29) is 48.2 Å². The number of benzene rings is 2. The Labute approximate surface area is 229 Å². The lowest BCUT2D eigenvalue weighted by Crippen LogP contribution is -2.47. The average molecular weight is 556 g/mol. The minimum Gasteiger partial charge on any atom is -0.484 e. The molecule has 3 heterocycles. The zero-order valence-corrected chi connectivity index (χ0v) is 22.3. The van der Waals surface area contributed by atoms with Gasteiger partial charge in [-0.25, -0.2) is 9.18 Å². The van der Waals surface area contributed by atoms with E-state index in [1.165, 1.54) is 15.6 Å². The molecular formula is C27H27ClFN5O5. The quantitative estimate of drug-likeness (QED) is 0.301. The second-order valence-corrected chi connectivity index (χ2v) is 9.83. The summed E-state index contributed by atoms with van der Waals surface area (Å²) in [5, 5.41) is 8.01. The van der Waals surface area contributed by atoms with Crippen molar-refractivity contribution in [3.63, 3.8) is 0 Å². The van der Waals surface area contributed by atoms with Crippen molar-refractivity contribution >= 4 is 29.5 Å². The van der Waals surface area contributed by atoms with E-state index in [1.54, 1.807) is 37.5 Å². The summed E-state index contributed by atoms with van der Waals surface area (Å²) in [7, 11) is 1.70. The molecule has 12 heteroatoms. The highest BCUT2D eigenvalue weighted by molar-refractivity contribution is 6.31. The number of fused-ring (bicyclic) bond motifs is 2. The molecule has 0 saturated carbocycles. The molecule has 10 nitrogen and oxygen atoms in total. The van der Waals surface area contributed by atoms with Gasteiger partial charge in [0.25, 0.3) is 11.8 Å². The van der Waals surface area contributed by atoms with Crippen LogP contribution in [0, 0.1) is 5.82 Å². The number of halogens is 2. The Bertz CT molecular complexity index is 1410. The lowest BCUT2D eigenvalue weighted by atomic mass is 9.91. The fourth-order valence-electron chi connectivity index (χ4n) is 4.94. The highest BCUT2D eigenvalue weighted by atomic mass is 35.5. The lowest BCUT2D eigenvalue weighted by Gasteiger charge is -2.39. The predicted octanol–water partition coefficient (Wildman–Crippen LogP) is 4.32. The number of carbonyl (C=O) groups excluding carboxylic acids is 3. The molecule has 2 aliphatic rings. The molecule has 2 aliphatic heterocycles. The van der Waals surface area contributed by atoms with Crippen molar-refractivity contribution in [1.82, 2.24) is 24.8 Å². The summed E-state index contributed by atoms with van der Waals surface area (Å²) >= 11 is 6.48. The first-order valence-electron chi connectivity index (χ1n) is 12.7. The molecule has 0 radical (unpaired) electrons. The van der Waals surface area contributed by atoms with Crippen LogP contribution in [0.2, 0.25) is 5.02 Å². The number of nitrogens with zero attached hydrogens (tertiary/aromatic N) is 5. The Morgan fingerprint density at radius 3 is 2.56 bits per heavy atom. The third-order valence-corrected chi connectivity index (χ3v) is 7.18. The summed E-state index contributed by atoms with van der Waals surface area (Å²) in [4.78, 5) is 42.2. The number of imide groups is 1. The molecule has 204 valence electrons. The molecule has 0 saturated heterocycles. The summed E-state index contributed by atoms with van der Waals surface area (Å²) < 4.78 is 28.3. The van der Waals surface area contributed by atoms with E-state index >= 15 is 4.39 Å². The fourth-order valence-corrected chi connectivity index (χ4v) is 5.23. The maximum Gasteiger partial charge on any atom is 0.410 e. The van der Waals surface area contributed by atoms with Gasteiger partial charge in [0.1, 0.15) is 12.3 Å².